The van der Waals surface area contributed by atoms with E-state index in [1.54, 1.807) is 4.90 Å². The van der Waals surface area contributed by atoms with Crippen molar-refractivity contribution in [2.75, 3.05) is 18.4 Å². The Kier molecular flexibility index (Phi) is 4.61. The minimum atomic E-state index is -0.565. The fourth-order valence-corrected chi connectivity index (χ4v) is 2.89. The summed E-state index contributed by atoms with van der Waals surface area (Å²) in [5.74, 6) is -0.117. The van der Waals surface area contributed by atoms with Crippen LogP contribution in [0, 0.1) is 21.4 Å². The van der Waals surface area contributed by atoms with E-state index >= 15 is 0 Å². The summed E-state index contributed by atoms with van der Waals surface area (Å²) >= 11 is 0. The number of carbonyl (C=O) groups is 1. The summed E-state index contributed by atoms with van der Waals surface area (Å²) in [7, 11) is 0. The predicted octanol–water partition coefficient (Wildman–Crippen LogP) is 2.46. The summed E-state index contributed by atoms with van der Waals surface area (Å²) in [6.45, 7) is 1.15. The molecule has 3 rings (SSSR count). The number of amides is 1. The number of hydrogen-bond acceptors (Lipinski definition) is 5. The van der Waals surface area contributed by atoms with Crippen LogP contribution in [-0.4, -0.2) is 28.8 Å². The van der Waals surface area contributed by atoms with Crippen LogP contribution in [0.4, 0.5) is 11.4 Å². The van der Waals surface area contributed by atoms with Crippen LogP contribution in [-0.2, 0) is 17.8 Å². The van der Waals surface area contributed by atoms with Crippen LogP contribution in [0.5, 0.6) is 0 Å². The van der Waals surface area contributed by atoms with Crippen LogP contribution in [0.25, 0.3) is 0 Å². The van der Waals surface area contributed by atoms with Gasteiger partial charge in [-0.3, -0.25) is 14.9 Å². The molecule has 0 aromatic heterocycles. The second-order valence-corrected chi connectivity index (χ2v) is 5.79. The first-order valence-electron chi connectivity index (χ1n) is 7.85. The molecule has 1 aliphatic heterocycles. The van der Waals surface area contributed by atoms with Crippen molar-refractivity contribution in [2.24, 2.45) is 0 Å². The maximum atomic E-state index is 12.4. The van der Waals surface area contributed by atoms with E-state index in [-0.39, 0.29) is 29.4 Å². The summed E-state index contributed by atoms with van der Waals surface area (Å²) in [6.07, 6.45) is 0.804. The van der Waals surface area contributed by atoms with E-state index < -0.39 is 4.92 Å². The number of carbonyl (C=O) groups excluding carboxylic acids is 1. The molecule has 7 heteroatoms. The van der Waals surface area contributed by atoms with E-state index in [1.807, 2.05) is 24.3 Å². The maximum Gasteiger partial charge on any atom is 0.293 e. The molecule has 0 atom stereocenters. The molecule has 1 N–H and O–H groups in total. The van der Waals surface area contributed by atoms with Crippen molar-refractivity contribution in [1.29, 1.82) is 5.26 Å². The zero-order chi connectivity index (χ0) is 17.8. The van der Waals surface area contributed by atoms with E-state index in [0.29, 0.717) is 13.1 Å². The number of nitro groups is 1. The number of nitro benzene ring substituents is 1. The Morgan fingerprint density at radius 2 is 2.04 bits per heavy atom. The fourth-order valence-electron chi connectivity index (χ4n) is 2.89. The van der Waals surface area contributed by atoms with Gasteiger partial charge < -0.3 is 10.2 Å². The number of fused-ring (bicyclic) bond motifs is 1. The van der Waals surface area contributed by atoms with Gasteiger partial charge >= 0.3 is 0 Å². The minimum Gasteiger partial charge on any atom is -0.371 e. The van der Waals surface area contributed by atoms with Gasteiger partial charge in [0.05, 0.1) is 23.1 Å². The standard InChI is InChI=1S/C18H16N4O3/c19-10-13-5-6-16(17(9-13)22(24)25)20-11-18(23)21-8-7-14-3-1-2-4-15(14)12-21/h1-6,9,20H,7-8,11-12H2. The summed E-state index contributed by atoms with van der Waals surface area (Å²) in [5.41, 5.74) is 2.61. The Labute approximate surface area is 144 Å². The molecule has 0 saturated heterocycles. The molecular weight excluding hydrogens is 320 g/mol. The quantitative estimate of drug-likeness (QED) is 0.683. The number of rotatable bonds is 4. The molecule has 126 valence electrons. The lowest BCUT2D eigenvalue weighted by Gasteiger charge is -2.29. The Hall–Kier alpha value is -3.40. The van der Waals surface area contributed by atoms with E-state index in [2.05, 4.69) is 11.4 Å². The molecule has 0 saturated carbocycles. The molecule has 0 fully saturated rings. The molecule has 0 spiro atoms. The van der Waals surface area contributed by atoms with E-state index in [0.717, 1.165) is 12.0 Å². The number of hydrogen-bond donors (Lipinski definition) is 1. The van der Waals surface area contributed by atoms with Gasteiger partial charge in [0.15, 0.2) is 0 Å². The molecule has 0 unspecified atom stereocenters. The zero-order valence-corrected chi connectivity index (χ0v) is 13.4. The summed E-state index contributed by atoms with van der Waals surface area (Å²) in [6, 6.07) is 14.0. The zero-order valence-electron chi connectivity index (χ0n) is 13.4. The van der Waals surface area contributed by atoms with Gasteiger partial charge in [0.2, 0.25) is 5.91 Å². The van der Waals surface area contributed by atoms with E-state index in [9.17, 15) is 14.9 Å². The average Bonchev–Trinajstić information content (AvgIpc) is 2.65. The Bertz CT molecular complexity index is 873. The SMILES string of the molecule is N#Cc1ccc(NCC(=O)N2CCc3ccccc3C2)c([N+](=O)[O-])c1. The third-order valence-corrected chi connectivity index (χ3v) is 4.24. The molecule has 25 heavy (non-hydrogen) atoms. The lowest BCUT2D eigenvalue weighted by molar-refractivity contribution is -0.384. The molecule has 1 aliphatic rings. The molecular formula is C18H16N4O3. The fraction of sp³-hybridized carbons (Fsp3) is 0.222. The predicted molar refractivity (Wildman–Crippen MR) is 91.9 cm³/mol. The van der Waals surface area contributed by atoms with Gasteiger partial charge in [-0.1, -0.05) is 24.3 Å². The highest BCUT2D eigenvalue weighted by molar-refractivity contribution is 5.82. The first-order chi connectivity index (χ1) is 12.1. The molecule has 2 aromatic carbocycles. The van der Waals surface area contributed by atoms with Gasteiger partial charge in [-0.05, 0) is 29.7 Å². The second-order valence-electron chi connectivity index (χ2n) is 5.79. The van der Waals surface area contributed by atoms with Crippen molar-refractivity contribution in [3.05, 3.63) is 69.3 Å². The normalized spacial score (nSPS) is 12.8. The Morgan fingerprint density at radius 3 is 2.76 bits per heavy atom. The summed E-state index contributed by atoms with van der Waals surface area (Å²) < 4.78 is 0. The average molecular weight is 336 g/mol. The largest absolute Gasteiger partial charge is 0.371 e. The van der Waals surface area contributed by atoms with Crippen LogP contribution in [0.15, 0.2) is 42.5 Å². The second kappa shape index (κ2) is 7.01. The molecule has 1 amide bonds. The van der Waals surface area contributed by atoms with Gasteiger partial charge in [0.1, 0.15) is 5.69 Å². The van der Waals surface area contributed by atoms with Crippen molar-refractivity contribution in [3.8, 4) is 6.07 Å². The monoisotopic (exact) mass is 336 g/mol. The molecule has 1 heterocycles. The lowest BCUT2D eigenvalue weighted by atomic mass is 10.00. The van der Waals surface area contributed by atoms with Crippen molar-refractivity contribution in [3.63, 3.8) is 0 Å². The first-order valence-corrected chi connectivity index (χ1v) is 7.85. The van der Waals surface area contributed by atoms with Gasteiger partial charge in [-0.15, -0.1) is 0 Å². The minimum absolute atomic E-state index is 0.0328. The summed E-state index contributed by atoms with van der Waals surface area (Å²) in [4.78, 5) is 24.7. The number of nitrogens with zero attached hydrogens (tertiary/aromatic N) is 3. The molecule has 0 radical (unpaired) electrons. The van der Waals surface area contributed by atoms with Crippen molar-refractivity contribution < 1.29 is 9.72 Å². The van der Waals surface area contributed by atoms with Gasteiger partial charge in [0.25, 0.3) is 5.69 Å². The van der Waals surface area contributed by atoms with Crippen LogP contribution in [0.1, 0.15) is 16.7 Å². The topological polar surface area (TPSA) is 99.3 Å². The van der Waals surface area contributed by atoms with Crippen molar-refractivity contribution >= 4 is 17.3 Å². The van der Waals surface area contributed by atoms with Gasteiger partial charge in [-0.25, -0.2) is 0 Å². The summed E-state index contributed by atoms with van der Waals surface area (Å²) in [5, 5.41) is 22.8. The first kappa shape index (κ1) is 16.5. The number of anilines is 1. The van der Waals surface area contributed by atoms with Crippen LogP contribution >= 0.6 is 0 Å². The Morgan fingerprint density at radius 1 is 1.28 bits per heavy atom. The van der Waals surface area contributed by atoms with Crippen molar-refractivity contribution in [1.82, 2.24) is 4.90 Å². The smallest absolute Gasteiger partial charge is 0.293 e. The van der Waals surface area contributed by atoms with Crippen LogP contribution < -0.4 is 5.32 Å². The van der Waals surface area contributed by atoms with Crippen molar-refractivity contribution in [2.45, 2.75) is 13.0 Å². The molecule has 0 aliphatic carbocycles. The molecule has 7 nitrogen and oxygen atoms in total. The number of nitriles is 1. The number of benzene rings is 2. The van der Waals surface area contributed by atoms with E-state index in [4.69, 9.17) is 5.26 Å². The third kappa shape index (κ3) is 3.58. The van der Waals surface area contributed by atoms with Gasteiger partial charge in [0, 0.05) is 19.2 Å². The highest BCUT2D eigenvalue weighted by Gasteiger charge is 2.21. The third-order valence-electron chi connectivity index (χ3n) is 4.24. The molecule has 0 bridgehead atoms. The van der Waals surface area contributed by atoms with Gasteiger partial charge in [-0.2, -0.15) is 5.26 Å². The highest BCUT2D eigenvalue weighted by atomic mass is 16.6. The molecule has 2 aromatic rings. The van der Waals surface area contributed by atoms with E-state index in [1.165, 1.54) is 23.8 Å². The maximum absolute atomic E-state index is 12.4. The lowest BCUT2D eigenvalue weighted by Crippen LogP contribution is -2.39. The van der Waals surface area contributed by atoms with Crippen LogP contribution in [0.2, 0.25) is 0 Å². The van der Waals surface area contributed by atoms with Crippen LogP contribution in [0.3, 0.4) is 0 Å². The number of nitrogens with one attached hydrogen (secondary N) is 1. The highest BCUT2D eigenvalue weighted by Crippen LogP contribution is 2.25. The Balaban J connectivity index is 1.67.